The van der Waals surface area contributed by atoms with Crippen LogP contribution in [-0.2, 0) is 45.4 Å². The molecule has 9 nitrogen and oxygen atoms in total. The van der Waals surface area contributed by atoms with Gasteiger partial charge >= 0.3 is 0 Å². The van der Waals surface area contributed by atoms with Gasteiger partial charge in [-0.2, -0.15) is 0 Å². The molecular weight excluding hydrogens is 853 g/mol. The minimum Gasteiger partial charge on any atom is -0.497 e. The van der Waals surface area contributed by atoms with Crippen molar-refractivity contribution in [2.75, 3.05) is 20.3 Å². The van der Waals surface area contributed by atoms with E-state index in [1.165, 1.54) is 5.56 Å². The molecule has 2 fully saturated rings. The summed E-state index contributed by atoms with van der Waals surface area (Å²) >= 11 is 0. The monoisotopic (exact) mass is 945 g/mol. The van der Waals surface area contributed by atoms with Crippen molar-refractivity contribution in [3.8, 4) is 5.75 Å². The molecule has 0 aromatic heterocycles. The molecule has 0 radical (unpaired) electrons. The van der Waals surface area contributed by atoms with Gasteiger partial charge in [0, 0.05) is 31.5 Å². The third-order valence-corrected chi connectivity index (χ3v) is 29.0. The summed E-state index contributed by atoms with van der Waals surface area (Å²) in [5, 5.41) is 12.1. The normalized spacial score (nSPS) is 24.9. The molecular formula is C52H92O9Si3. The summed E-state index contributed by atoms with van der Waals surface area (Å²) in [6, 6.07) is 18.4. The van der Waals surface area contributed by atoms with Gasteiger partial charge in [0.15, 0.2) is 30.7 Å². The fourth-order valence-electron chi connectivity index (χ4n) is 7.94. The van der Waals surface area contributed by atoms with Crippen molar-refractivity contribution >= 4 is 25.0 Å². The van der Waals surface area contributed by atoms with Crippen LogP contribution in [0.1, 0.15) is 126 Å². The Balaban J connectivity index is 1.66. The highest BCUT2D eigenvalue weighted by atomic mass is 28.4. The second-order valence-electron chi connectivity index (χ2n) is 23.9. The lowest BCUT2D eigenvalue weighted by molar-refractivity contribution is -0.351. The molecule has 1 N–H and O–H groups in total. The summed E-state index contributed by atoms with van der Waals surface area (Å²) in [5.74, 6) is 0.192. The highest BCUT2D eigenvalue weighted by Crippen LogP contribution is 2.48. The molecule has 0 aliphatic carbocycles. The van der Waals surface area contributed by atoms with Crippen LogP contribution in [0, 0.1) is 11.8 Å². The van der Waals surface area contributed by atoms with E-state index in [0.717, 1.165) is 37.0 Å². The maximum Gasteiger partial charge on any atom is 0.192 e. The molecule has 0 saturated carbocycles. The zero-order chi connectivity index (χ0) is 47.9. The van der Waals surface area contributed by atoms with Crippen molar-refractivity contribution in [3.63, 3.8) is 0 Å². The minimum atomic E-state index is -2.46. The quantitative estimate of drug-likeness (QED) is 0.0970. The fourth-order valence-corrected chi connectivity index (χ4v) is 12.0. The van der Waals surface area contributed by atoms with E-state index in [-0.39, 0.29) is 33.2 Å². The third-order valence-electron chi connectivity index (χ3n) is 15.5. The van der Waals surface area contributed by atoms with E-state index in [2.05, 4.69) is 140 Å². The highest BCUT2D eigenvalue weighted by Gasteiger charge is 2.55. The molecule has 2 aliphatic heterocycles. The van der Waals surface area contributed by atoms with Gasteiger partial charge in [-0.25, -0.2) is 0 Å². The Hall–Kier alpha value is -1.43. The number of hydrogen-bond acceptors (Lipinski definition) is 9. The van der Waals surface area contributed by atoms with Crippen molar-refractivity contribution in [2.24, 2.45) is 11.8 Å². The Kier molecular flexibility index (Phi) is 19.3. The summed E-state index contributed by atoms with van der Waals surface area (Å²) in [6.07, 6.45) is 1.92. The number of ether oxygens (including phenoxy) is 5. The van der Waals surface area contributed by atoms with Crippen molar-refractivity contribution in [2.45, 2.75) is 225 Å². The Morgan fingerprint density at radius 3 is 1.81 bits per heavy atom. The first-order chi connectivity index (χ1) is 29.5. The van der Waals surface area contributed by atoms with Crippen LogP contribution in [0.5, 0.6) is 5.75 Å². The summed E-state index contributed by atoms with van der Waals surface area (Å²) in [6.45, 7) is 41.0. The molecule has 4 rings (SSSR count). The van der Waals surface area contributed by atoms with Gasteiger partial charge in [0.25, 0.3) is 0 Å². The second kappa shape index (κ2) is 22.3. The average molecular weight is 946 g/mol. The lowest BCUT2D eigenvalue weighted by atomic mass is 9.83. The molecule has 1 spiro atoms. The Morgan fingerprint density at radius 2 is 1.23 bits per heavy atom. The smallest absolute Gasteiger partial charge is 0.192 e. The van der Waals surface area contributed by atoms with E-state index < -0.39 is 55.2 Å². The first-order valence-electron chi connectivity index (χ1n) is 24.4. The van der Waals surface area contributed by atoms with Gasteiger partial charge in [-0.1, -0.05) is 119 Å². The largest absolute Gasteiger partial charge is 0.497 e. The van der Waals surface area contributed by atoms with Crippen LogP contribution in [0.3, 0.4) is 0 Å². The van der Waals surface area contributed by atoms with E-state index in [0.29, 0.717) is 45.2 Å². The summed E-state index contributed by atoms with van der Waals surface area (Å²) in [5.41, 5.74) is 2.25. The minimum absolute atomic E-state index is 0.0277. The molecule has 9 atom stereocenters. The molecule has 64 heavy (non-hydrogen) atoms. The maximum atomic E-state index is 12.2. The molecule has 2 heterocycles. The zero-order valence-corrected chi connectivity index (χ0v) is 46.6. The maximum absolute atomic E-state index is 12.2. The van der Waals surface area contributed by atoms with Gasteiger partial charge in [0.2, 0.25) is 0 Å². The van der Waals surface area contributed by atoms with Crippen LogP contribution in [-0.4, -0.2) is 92.8 Å². The van der Waals surface area contributed by atoms with Crippen molar-refractivity contribution in [1.82, 2.24) is 0 Å². The van der Waals surface area contributed by atoms with Crippen LogP contribution in [0.2, 0.25) is 54.4 Å². The van der Waals surface area contributed by atoms with E-state index in [9.17, 15) is 5.11 Å². The van der Waals surface area contributed by atoms with Crippen LogP contribution >= 0.6 is 0 Å². The Morgan fingerprint density at radius 1 is 0.703 bits per heavy atom. The molecule has 0 amide bonds. The molecule has 12 heteroatoms. The van der Waals surface area contributed by atoms with Crippen molar-refractivity contribution in [3.05, 3.63) is 65.7 Å². The zero-order valence-electron chi connectivity index (χ0n) is 43.6. The first-order valence-corrected chi connectivity index (χ1v) is 33.1. The molecule has 2 saturated heterocycles. The van der Waals surface area contributed by atoms with Gasteiger partial charge in [0.1, 0.15) is 11.9 Å². The number of rotatable bonds is 21. The van der Waals surface area contributed by atoms with Gasteiger partial charge in [-0.05, 0) is 109 Å². The number of benzene rings is 2. The van der Waals surface area contributed by atoms with Crippen LogP contribution < -0.4 is 4.74 Å². The molecule has 2 unspecified atom stereocenters. The third kappa shape index (κ3) is 15.0. The van der Waals surface area contributed by atoms with Crippen molar-refractivity contribution in [1.29, 1.82) is 0 Å². The molecule has 2 aromatic carbocycles. The van der Waals surface area contributed by atoms with E-state index in [1.807, 2.05) is 30.3 Å². The predicted molar refractivity (Wildman–Crippen MR) is 269 cm³/mol. The predicted octanol–water partition coefficient (Wildman–Crippen LogP) is 13.1. The van der Waals surface area contributed by atoms with E-state index >= 15 is 0 Å². The van der Waals surface area contributed by atoms with Gasteiger partial charge in [-0.3, -0.25) is 0 Å². The summed E-state index contributed by atoms with van der Waals surface area (Å²) in [4.78, 5) is 0. The lowest BCUT2D eigenvalue weighted by Gasteiger charge is -2.54. The number of hydrogen-bond donors (Lipinski definition) is 1. The molecule has 2 aromatic rings. The standard InChI is InChI=1S/C52H92O9Si3/c1-38-28-31-52(57-45(38)34-43(59-62(13,14)49(3,4)5)30-33-55-36-40-22-20-19-21-23-40)32-29-44(53)47(58-52)48(61-64(17,18)51(9,10)11)46(60-63(15,16)50(6,7)8)39(2)35-56-37-41-24-26-42(54-12)27-25-41/h19-27,38-39,43-48,53H,28-37H2,1-18H3/t38-,39?,43-,44-,45+,46-,47-,48-,52?/m0/s1. The SMILES string of the molecule is COc1ccc(COCC(C)[C@H](O[Si](C)(C)C(C)(C)C)[C@H](O[Si](C)(C)C(C)(C)C)[C@H]2OC3(CC[C@H](C)[C@@H](C[C@H](CCOCc4ccccc4)O[Si](C)(C)C(C)(C)C)O3)CC[C@@H]2O)cc1. The topological polar surface area (TPSA) is 94.1 Å². The number of aliphatic hydroxyl groups excluding tert-OH is 1. The average Bonchev–Trinajstić information content (AvgIpc) is 3.19. The molecule has 2 aliphatic rings. The van der Waals surface area contributed by atoms with E-state index in [4.69, 9.17) is 37.0 Å². The summed E-state index contributed by atoms with van der Waals surface area (Å²) in [7, 11) is -5.30. The van der Waals surface area contributed by atoms with Crippen LogP contribution in [0.15, 0.2) is 54.6 Å². The Labute approximate surface area is 393 Å². The van der Waals surface area contributed by atoms with Crippen LogP contribution in [0.25, 0.3) is 0 Å². The molecule has 0 bridgehead atoms. The second-order valence-corrected chi connectivity index (χ2v) is 38.1. The fraction of sp³-hybridized carbons (Fsp3) is 0.769. The van der Waals surface area contributed by atoms with Gasteiger partial charge in [-0.15, -0.1) is 0 Å². The Bertz CT molecular complexity index is 1680. The first kappa shape index (κ1) is 55.2. The lowest BCUT2D eigenvalue weighted by Crippen LogP contribution is -2.64. The molecule has 366 valence electrons. The number of aliphatic hydroxyl groups is 1. The van der Waals surface area contributed by atoms with Gasteiger partial charge < -0.3 is 42.1 Å². The van der Waals surface area contributed by atoms with Crippen molar-refractivity contribution < 1.29 is 42.1 Å². The van der Waals surface area contributed by atoms with E-state index in [1.54, 1.807) is 7.11 Å². The summed E-state index contributed by atoms with van der Waals surface area (Å²) < 4.78 is 55.1. The number of methoxy groups -OCH3 is 1. The van der Waals surface area contributed by atoms with Crippen LogP contribution in [0.4, 0.5) is 0 Å². The van der Waals surface area contributed by atoms with Gasteiger partial charge in [0.05, 0.1) is 51.3 Å². The highest BCUT2D eigenvalue weighted by molar-refractivity contribution is 6.75.